The molecule has 1 aromatic heterocycles. The zero-order valence-corrected chi connectivity index (χ0v) is 17.9. The molecule has 156 valence electrons. The molecule has 0 aliphatic carbocycles. The Morgan fingerprint density at radius 3 is 2.42 bits per heavy atom. The van der Waals surface area contributed by atoms with Crippen LogP contribution in [0.25, 0.3) is 0 Å². The number of nitriles is 1. The Balaban J connectivity index is 1.81. The van der Waals surface area contributed by atoms with Crippen molar-refractivity contribution >= 4 is 41.7 Å². The number of hydrogen-bond acceptors (Lipinski definition) is 9. The minimum atomic E-state index is 0.199. The third-order valence-corrected chi connectivity index (χ3v) is 4.38. The van der Waals surface area contributed by atoms with Crippen LogP contribution in [0.15, 0.2) is 65.4 Å². The first-order chi connectivity index (χ1) is 14.9. The molecule has 0 aliphatic heterocycles. The van der Waals surface area contributed by atoms with E-state index in [2.05, 4.69) is 51.0 Å². The topological polar surface area (TPSA) is 121 Å². The quantitative estimate of drug-likeness (QED) is 0.113. The summed E-state index contributed by atoms with van der Waals surface area (Å²) in [6, 6.07) is 14.7. The lowest BCUT2D eigenvalue weighted by Crippen LogP contribution is -2.09. The van der Waals surface area contributed by atoms with Gasteiger partial charge in [-0.05, 0) is 74.0 Å². The Hall–Kier alpha value is -4.03. The second kappa shape index (κ2) is 9.65. The van der Waals surface area contributed by atoms with Crippen molar-refractivity contribution in [3.63, 3.8) is 0 Å². The summed E-state index contributed by atoms with van der Waals surface area (Å²) in [7, 11) is 0. The monoisotopic (exact) mass is 431 g/mol. The molecule has 0 unspecified atom stereocenters. The number of hydrazone groups is 1. The normalized spacial score (nSPS) is 10.8. The van der Waals surface area contributed by atoms with Crippen molar-refractivity contribution in [2.24, 2.45) is 10.9 Å². The Kier molecular flexibility index (Phi) is 6.74. The fourth-order valence-electron chi connectivity index (χ4n) is 2.93. The molecule has 0 saturated heterocycles. The van der Waals surface area contributed by atoms with Crippen LogP contribution in [0.5, 0.6) is 0 Å². The van der Waals surface area contributed by atoms with Crippen LogP contribution in [0.4, 0.5) is 23.1 Å². The molecule has 9 heteroatoms. The van der Waals surface area contributed by atoms with Crippen molar-refractivity contribution in [2.75, 3.05) is 10.6 Å². The number of benzene rings is 2. The van der Waals surface area contributed by atoms with E-state index < -0.39 is 0 Å². The second-order valence-corrected chi connectivity index (χ2v) is 7.12. The number of thiol groups is 1. The maximum absolute atomic E-state index is 8.91. The van der Waals surface area contributed by atoms with Gasteiger partial charge in [-0.3, -0.25) is 0 Å². The number of ether oxygens (including phenoxy) is 1. The van der Waals surface area contributed by atoms with Crippen molar-refractivity contribution in [2.45, 2.75) is 13.8 Å². The van der Waals surface area contributed by atoms with Gasteiger partial charge < -0.3 is 21.2 Å². The number of hydrogen-bond donors (Lipinski definition) is 4. The van der Waals surface area contributed by atoms with E-state index in [1.807, 2.05) is 26.0 Å². The summed E-state index contributed by atoms with van der Waals surface area (Å²) >= 11 is 4.04. The molecule has 4 N–H and O–H groups in total. The highest BCUT2D eigenvalue weighted by atomic mass is 32.1. The summed E-state index contributed by atoms with van der Waals surface area (Å²) in [5, 5.41) is 19.2. The lowest BCUT2D eigenvalue weighted by Gasteiger charge is -2.15. The van der Waals surface area contributed by atoms with Crippen LogP contribution >= 0.6 is 12.6 Å². The predicted octanol–water partition coefficient (Wildman–Crippen LogP) is 4.49. The van der Waals surface area contributed by atoms with E-state index >= 15 is 0 Å². The maximum Gasteiger partial charge on any atom is 0.243 e. The van der Waals surface area contributed by atoms with Crippen LogP contribution in [-0.2, 0) is 4.74 Å². The highest BCUT2D eigenvalue weighted by molar-refractivity contribution is 7.84. The van der Waals surface area contributed by atoms with Crippen LogP contribution < -0.4 is 16.5 Å². The first-order valence-electron chi connectivity index (χ1n) is 9.22. The number of rotatable bonds is 6. The van der Waals surface area contributed by atoms with Gasteiger partial charge in [0.05, 0.1) is 11.6 Å². The van der Waals surface area contributed by atoms with Crippen molar-refractivity contribution in [3.05, 3.63) is 82.6 Å². The van der Waals surface area contributed by atoms with Crippen LogP contribution in [0.3, 0.4) is 0 Å². The smallest absolute Gasteiger partial charge is 0.243 e. The summed E-state index contributed by atoms with van der Waals surface area (Å²) in [4.78, 5) is 8.76. The standard InChI is InChI=1S/C22H21N7OS/c1-13-10-17(21(29-24)30-15(3)31)11-14(2)20(13)27-19-8-9-25-22(28-19)26-18-6-4-16(12-23)5-7-18/h4-11,31H,3,24H2,1-2H3,(H2,25,26,27,28)/b29-21-. The maximum atomic E-state index is 8.91. The van der Waals surface area contributed by atoms with Crippen LogP contribution in [0.2, 0.25) is 0 Å². The minimum Gasteiger partial charge on any atom is -0.431 e. The van der Waals surface area contributed by atoms with Crippen molar-refractivity contribution in [3.8, 4) is 6.07 Å². The van der Waals surface area contributed by atoms with Gasteiger partial charge in [-0.25, -0.2) is 4.98 Å². The second-order valence-electron chi connectivity index (χ2n) is 6.62. The van der Waals surface area contributed by atoms with E-state index in [1.54, 1.807) is 36.5 Å². The summed E-state index contributed by atoms with van der Waals surface area (Å²) < 4.78 is 5.37. The highest BCUT2D eigenvalue weighted by Gasteiger charge is 2.12. The Bertz CT molecular complexity index is 1160. The molecule has 0 bridgehead atoms. The van der Waals surface area contributed by atoms with Crippen LogP contribution in [0, 0.1) is 25.2 Å². The number of nitrogens with zero attached hydrogens (tertiary/aromatic N) is 4. The van der Waals surface area contributed by atoms with E-state index in [4.69, 9.17) is 15.8 Å². The molecule has 0 fully saturated rings. The summed E-state index contributed by atoms with van der Waals surface area (Å²) in [6.45, 7) is 7.51. The van der Waals surface area contributed by atoms with Crippen molar-refractivity contribution in [1.29, 1.82) is 5.26 Å². The molecular weight excluding hydrogens is 410 g/mol. The molecule has 0 atom stereocenters. The Labute approximate surface area is 185 Å². The number of nitrogens with two attached hydrogens (primary N) is 1. The molecule has 2 aromatic carbocycles. The van der Waals surface area contributed by atoms with E-state index in [0.717, 1.165) is 22.5 Å². The zero-order chi connectivity index (χ0) is 22.4. The van der Waals surface area contributed by atoms with Gasteiger partial charge in [0.1, 0.15) is 5.82 Å². The number of aromatic nitrogens is 2. The van der Waals surface area contributed by atoms with Crippen LogP contribution in [0.1, 0.15) is 22.3 Å². The van der Waals surface area contributed by atoms with Gasteiger partial charge in [-0.2, -0.15) is 10.2 Å². The Morgan fingerprint density at radius 1 is 1.16 bits per heavy atom. The fraction of sp³-hybridized carbons (Fsp3) is 0.0909. The molecular formula is C22H21N7OS. The molecule has 3 rings (SSSR count). The van der Waals surface area contributed by atoms with Gasteiger partial charge >= 0.3 is 0 Å². The fourth-order valence-corrected chi connectivity index (χ4v) is 3.02. The molecule has 0 radical (unpaired) electrons. The molecule has 3 aromatic rings. The average Bonchev–Trinajstić information content (AvgIpc) is 2.75. The molecule has 0 amide bonds. The number of nitrogens with one attached hydrogen (secondary N) is 2. The van der Waals surface area contributed by atoms with Crippen molar-refractivity contribution < 1.29 is 4.74 Å². The minimum absolute atomic E-state index is 0.199. The van der Waals surface area contributed by atoms with Crippen molar-refractivity contribution in [1.82, 2.24) is 9.97 Å². The highest BCUT2D eigenvalue weighted by Crippen LogP contribution is 2.27. The van der Waals surface area contributed by atoms with Gasteiger partial charge in [-0.1, -0.05) is 0 Å². The van der Waals surface area contributed by atoms with E-state index in [0.29, 0.717) is 22.9 Å². The predicted molar refractivity (Wildman–Crippen MR) is 126 cm³/mol. The lowest BCUT2D eigenvalue weighted by atomic mass is 10.0. The molecule has 1 heterocycles. The summed E-state index contributed by atoms with van der Waals surface area (Å²) in [5.41, 5.74) is 4.88. The SMILES string of the molecule is C=C(S)O/C(=N\N)c1cc(C)c(Nc2ccnc(Nc3ccc(C#N)cc3)n2)c(C)c1. The first kappa shape index (κ1) is 21.7. The molecule has 0 aliphatic rings. The van der Waals surface area contributed by atoms with Crippen LogP contribution in [-0.4, -0.2) is 15.9 Å². The zero-order valence-electron chi connectivity index (χ0n) is 17.0. The van der Waals surface area contributed by atoms with Gasteiger partial charge in [0.15, 0.2) is 5.09 Å². The largest absolute Gasteiger partial charge is 0.431 e. The van der Waals surface area contributed by atoms with Gasteiger partial charge in [0.25, 0.3) is 0 Å². The molecule has 31 heavy (non-hydrogen) atoms. The van der Waals surface area contributed by atoms with E-state index in [9.17, 15) is 0 Å². The third-order valence-electron chi connectivity index (χ3n) is 4.29. The molecule has 8 nitrogen and oxygen atoms in total. The van der Waals surface area contributed by atoms with E-state index in [-0.39, 0.29) is 11.0 Å². The van der Waals surface area contributed by atoms with Gasteiger partial charge in [0.2, 0.25) is 11.8 Å². The van der Waals surface area contributed by atoms with Gasteiger partial charge in [0, 0.05) is 23.1 Å². The number of aryl methyl sites for hydroxylation is 2. The molecule has 0 spiro atoms. The number of anilines is 4. The first-order valence-corrected chi connectivity index (χ1v) is 9.67. The van der Waals surface area contributed by atoms with Gasteiger partial charge in [-0.15, -0.1) is 17.7 Å². The van der Waals surface area contributed by atoms with E-state index in [1.165, 1.54) is 0 Å². The lowest BCUT2D eigenvalue weighted by molar-refractivity contribution is 0.459. The Morgan fingerprint density at radius 2 is 1.84 bits per heavy atom. The third kappa shape index (κ3) is 5.52. The summed E-state index contributed by atoms with van der Waals surface area (Å²) in [6.07, 6.45) is 1.66. The average molecular weight is 432 g/mol. The molecule has 0 saturated carbocycles. The summed E-state index contributed by atoms with van der Waals surface area (Å²) in [5.74, 6) is 6.73.